The van der Waals surface area contributed by atoms with Crippen LogP contribution >= 0.6 is 11.6 Å². The van der Waals surface area contributed by atoms with Gasteiger partial charge < -0.3 is 14.8 Å². The van der Waals surface area contributed by atoms with Gasteiger partial charge in [0.15, 0.2) is 0 Å². The summed E-state index contributed by atoms with van der Waals surface area (Å²) in [5.41, 5.74) is 1.15. The highest BCUT2D eigenvalue weighted by atomic mass is 35.5. The quantitative estimate of drug-likeness (QED) is 0.877. The van der Waals surface area contributed by atoms with E-state index in [9.17, 15) is 0 Å². The fraction of sp³-hybridized carbons (Fsp3) is 0.538. The van der Waals surface area contributed by atoms with Crippen molar-refractivity contribution in [3.63, 3.8) is 0 Å². The van der Waals surface area contributed by atoms with E-state index < -0.39 is 0 Å². The molecular weight excluding hydrogens is 238 g/mol. The van der Waals surface area contributed by atoms with Gasteiger partial charge in [0.2, 0.25) is 0 Å². The van der Waals surface area contributed by atoms with Gasteiger partial charge in [-0.05, 0) is 37.6 Å². The summed E-state index contributed by atoms with van der Waals surface area (Å²) in [6.45, 7) is 2.25. The standard InChI is InChI=1S/C13H18ClNO2/c1-15-8-10-4-5-13(12(14)7-10)17-9-11-3-2-6-16-11/h4-5,7,11,15H,2-3,6,8-9H2,1H3. The molecule has 1 heterocycles. The van der Waals surface area contributed by atoms with E-state index in [0.29, 0.717) is 11.6 Å². The van der Waals surface area contributed by atoms with Crippen molar-refractivity contribution in [1.29, 1.82) is 0 Å². The number of nitrogens with one attached hydrogen (secondary N) is 1. The lowest BCUT2D eigenvalue weighted by molar-refractivity contribution is 0.0680. The summed E-state index contributed by atoms with van der Waals surface area (Å²) in [4.78, 5) is 0. The molecular formula is C13H18ClNO2. The lowest BCUT2D eigenvalue weighted by atomic mass is 10.2. The summed E-state index contributed by atoms with van der Waals surface area (Å²) in [5.74, 6) is 0.738. The van der Waals surface area contributed by atoms with Gasteiger partial charge in [0.25, 0.3) is 0 Å². The highest BCUT2D eigenvalue weighted by molar-refractivity contribution is 6.32. The van der Waals surface area contributed by atoms with Gasteiger partial charge in [-0.3, -0.25) is 0 Å². The molecule has 0 aliphatic carbocycles. The van der Waals surface area contributed by atoms with Gasteiger partial charge in [0, 0.05) is 13.2 Å². The van der Waals surface area contributed by atoms with E-state index in [4.69, 9.17) is 21.1 Å². The Hall–Kier alpha value is -0.770. The molecule has 0 amide bonds. The number of benzene rings is 1. The van der Waals surface area contributed by atoms with Crippen molar-refractivity contribution in [3.8, 4) is 5.75 Å². The third-order valence-electron chi connectivity index (χ3n) is 2.83. The maximum atomic E-state index is 6.16. The second kappa shape index (κ2) is 6.24. The first-order chi connectivity index (χ1) is 8.29. The Bertz CT molecular complexity index is 364. The number of rotatable bonds is 5. The summed E-state index contributed by atoms with van der Waals surface area (Å²) in [7, 11) is 1.91. The minimum absolute atomic E-state index is 0.225. The molecule has 1 saturated heterocycles. The molecule has 1 aliphatic heterocycles. The normalized spacial score (nSPS) is 19.5. The average Bonchev–Trinajstić information content (AvgIpc) is 2.81. The van der Waals surface area contributed by atoms with Crippen molar-refractivity contribution in [3.05, 3.63) is 28.8 Å². The number of halogens is 1. The molecule has 17 heavy (non-hydrogen) atoms. The highest BCUT2D eigenvalue weighted by Gasteiger charge is 2.16. The van der Waals surface area contributed by atoms with Crippen LogP contribution in [0.3, 0.4) is 0 Å². The molecule has 0 radical (unpaired) electrons. The molecule has 0 bridgehead atoms. The third-order valence-corrected chi connectivity index (χ3v) is 3.12. The molecule has 0 saturated carbocycles. The summed E-state index contributed by atoms with van der Waals surface area (Å²) in [6, 6.07) is 5.88. The van der Waals surface area contributed by atoms with Gasteiger partial charge in [0.1, 0.15) is 12.4 Å². The van der Waals surface area contributed by atoms with Gasteiger partial charge in [-0.1, -0.05) is 17.7 Å². The molecule has 4 heteroatoms. The van der Waals surface area contributed by atoms with Gasteiger partial charge in [-0.2, -0.15) is 0 Å². The number of ether oxygens (including phenoxy) is 2. The van der Waals surface area contributed by atoms with E-state index in [1.165, 1.54) is 0 Å². The van der Waals surface area contributed by atoms with Crippen molar-refractivity contribution in [2.24, 2.45) is 0 Å². The van der Waals surface area contributed by atoms with Crippen LogP contribution in [0.2, 0.25) is 5.02 Å². The largest absolute Gasteiger partial charge is 0.489 e. The molecule has 1 fully saturated rings. The smallest absolute Gasteiger partial charge is 0.138 e. The minimum Gasteiger partial charge on any atom is -0.489 e. The maximum Gasteiger partial charge on any atom is 0.138 e. The maximum absolute atomic E-state index is 6.16. The molecule has 2 rings (SSSR count). The van der Waals surface area contributed by atoms with E-state index in [-0.39, 0.29) is 6.10 Å². The molecule has 1 aromatic rings. The van der Waals surface area contributed by atoms with Crippen molar-refractivity contribution in [2.75, 3.05) is 20.3 Å². The van der Waals surface area contributed by atoms with Crippen LogP contribution < -0.4 is 10.1 Å². The number of hydrogen-bond donors (Lipinski definition) is 1. The molecule has 94 valence electrons. The van der Waals surface area contributed by atoms with Gasteiger partial charge in [0.05, 0.1) is 11.1 Å². The lowest BCUT2D eigenvalue weighted by Crippen LogP contribution is -2.16. The van der Waals surface area contributed by atoms with Gasteiger partial charge in [-0.25, -0.2) is 0 Å². The Morgan fingerprint density at radius 2 is 2.41 bits per heavy atom. The molecule has 1 aromatic carbocycles. The fourth-order valence-electron chi connectivity index (χ4n) is 1.93. The number of hydrogen-bond acceptors (Lipinski definition) is 3. The zero-order chi connectivity index (χ0) is 12.1. The third kappa shape index (κ3) is 3.60. The van der Waals surface area contributed by atoms with Crippen LogP contribution in [0.5, 0.6) is 5.75 Å². The van der Waals surface area contributed by atoms with Crippen molar-refractivity contribution in [2.45, 2.75) is 25.5 Å². The van der Waals surface area contributed by atoms with Crippen LogP contribution in [0.4, 0.5) is 0 Å². The fourth-order valence-corrected chi connectivity index (χ4v) is 2.19. The Morgan fingerprint density at radius 1 is 1.53 bits per heavy atom. The van der Waals surface area contributed by atoms with Crippen LogP contribution in [-0.2, 0) is 11.3 Å². The second-order valence-corrected chi connectivity index (χ2v) is 4.65. The first-order valence-corrected chi connectivity index (χ1v) is 6.35. The van der Waals surface area contributed by atoms with Gasteiger partial charge >= 0.3 is 0 Å². The lowest BCUT2D eigenvalue weighted by Gasteiger charge is -2.13. The molecule has 1 aliphatic rings. The van der Waals surface area contributed by atoms with Crippen molar-refractivity contribution >= 4 is 11.6 Å². The van der Waals surface area contributed by atoms with E-state index in [1.807, 2.05) is 25.2 Å². The van der Waals surface area contributed by atoms with Crippen LogP contribution in [0.15, 0.2) is 18.2 Å². The average molecular weight is 256 g/mol. The van der Waals surface area contributed by atoms with Crippen LogP contribution in [0, 0.1) is 0 Å². The molecule has 3 nitrogen and oxygen atoms in total. The zero-order valence-corrected chi connectivity index (χ0v) is 10.8. The Kier molecular flexibility index (Phi) is 4.66. The minimum atomic E-state index is 0.225. The summed E-state index contributed by atoms with van der Waals surface area (Å²) >= 11 is 6.16. The van der Waals surface area contributed by atoms with E-state index in [0.717, 1.165) is 37.3 Å². The Balaban J connectivity index is 1.91. The first-order valence-electron chi connectivity index (χ1n) is 5.97. The zero-order valence-electron chi connectivity index (χ0n) is 10.0. The first kappa shape index (κ1) is 12.7. The van der Waals surface area contributed by atoms with E-state index in [2.05, 4.69) is 5.32 Å². The predicted molar refractivity (Wildman–Crippen MR) is 68.7 cm³/mol. The SMILES string of the molecule is CNCc1ccc(OCC2CCCO2)c(Cl)c1. The van der Waals surface area contributed by atoms with Gasteiger partial charge in [-0.15, -0.1) is 0 Å². The molecule has 0 spiro atoms. The van der Waals surface area contributed by atoms with Crippen LogP contribution in [0.1, 0.15) is 18.4 Å². The second-order valence-electron chi connectivity index (χ2n) is 4.24. The monoisotopic (exact) mass is 255 g/mol. The van der Waals surface area contributed by atoms with Crippen molar-refractivity contribution in [1.82, 2.24) is 5.32 Å². The molecule has 1 unspecified atom stereocenters. The van der Waals surface area contributed by atoms with E-state index >= 15 is 0 Å². The molecule has 1 N–H and O–H groups in total. The summed E-state index contributed by atoms with van der Waals surface area (Å²) in [5, 5.41) is 3.75. The van der Waals surface area contributed by atoms with Crippen LogP contribution in [-0.4, -0.2) is 26.4 Å². The topological polar surface area (TPSA) is 30.5 Å². The van der Waals surface area contributed by atoms with Crippen molar-refractivity contribution < 1.29 is 9.47 Å². The highest BCUT2D eigenvalue weighted by Crippen LogP contribution is 2.26. The molecule has 1 atom stereocenters. The van der Waals surface area contributed by atoms with Crippen LogP contribution in [0.25, 0.3) is 0 Å². The Morgan fingerprint density at radius 3 is 3.06 bits per heavy atom. The molecule has 0 aromatic heterocycles. The Labute approximate surface area is 107 Å². The summed E-state index contributed by atoms with van der Waals surface area (Å²) in [6.07, 6.45) is 2.43. The van der Waals surface area contributed by atoms with E-state index in [1.54, 1.807) is 0 Å². The summed E-state index contributed by atoms with van der Waals surface area (Å²) < 4.78 is 11.2. The predicted octanol–water partition coefficient (Wildman–Crippen LogP) is 2.62.